The van der Waals surface area contributed by atoms with Crippen LogP contribution in [0.5, 0.6) is 0 Å². The molecule has 110 valence electrons. The van der Waals surface area contributed by atoms with Gasteiger partial charge in [-0.25, -0.2) is 4.39 Å². The summed E-state index contributed by atoms with van der Waals surface area (Å²) in [6, 6.07) is 3.45. The van der Waals surface area contributed by atoms with Gasteiger partial charge in [0.1, 0.15) is 0 Å². The number of anilines is 1. The van der Waals surface area contributed by atoms with Crippen molar-refractivity contribution in [2.24, 2.45) is 5.92 Å². The van der Waals surface area contributed by atoms with Crippen LogP contribution in [0.15, 0.2) is 24.5 Å². The number of aromatic nitrogens is 3. The number of hydrogen-bond donors (Lipinski definition) is 1. The number of hydrogen-bond acceptors (Lipinski definition) is 3. The molecule has 0 saturated heterocycles. The number of rotatable bonds is 4. The zero-order chi connectivity index (χ0) is 15.0. The van der Waals surface area contributed by atoms with Crippen LogP contribution in [0.3, 0.4) is 0 Å². The van der Waals surface area contributed by atoms with Crippen molar-refractivity contribution in [3.63, 3.8) is 0 Å². The number of halogens is 1. The van der Waals surface area contributed by atoms with Gasteiger partial charge >= 0.3 is 0 Å². The van der Waals surface area contributed by atoms with Gasteiger partial charge in [0.05, 0.1) is 17.9 Å². The minimum atomic E-state index is -0.562. The summed E-state index contributed by atoms with van der Waals surface area (Å²) < 4.78 is 15.4. The molecular weight excluding hydrogens is 271 g/mol. The van der Waals surface area contributed by atoms with Crippen molar-refractivity contribution in [1.29, 1.82) is 0 Å². The average molecular weight is 288 g/mol. The van der Waals surface area contributed by atoms with Crippen molar-refractivity contribution in [1.82, 2.24) is 14.8 Å². The van der Waals surface area contributed by atoms with Crippen molar-refractivity contribution in [2.75, 3.05) is 5.32 Å². The Morgan fingerprint density at radius 3 is 2.95 bits per heavy atom. The van der Waals surface area contributed by atoms with E-state index in [0.29, 0.717) is 17.7 Å². The maximum atomic E-state index is 13.5. The fourth-order valence-corrected chi connectivity index (χ4v) is 2.45. The summed E-state index contributed by atoms with van der Waals surface area (Å²) in [5.41, 5.74) is 1.35. The first-order valence-corrected chi connectivity index (χ1v) is 7.03. The zero-order valence-electron chi connectivity index (χ0n) is 12.0. The SMILES string of the molecule is Cc1cc(C(=O)Nc2ccncc2F)nn1C(C)C1CC1. The Bertz CT molecular complexity index is 678. The molecule has 2 aromatic heterocycles. The van der Waals surface area contributed by atoms with Gasteiger partial charge in [0.25, 0.3) is 5.91 Å². The van der Waals surface area contributed by atoms with Crippen molar-refractivity contribution in [3.05, 3.63) is 41.7 Å². The third-order valence-corrected chi connectivity index (χ3v) is 3.87. The topological polar surface area (TPSA) is 59.8 Å². The molecule has 1 aliphatic carbocycles. The van der Waals surface area contributed by atoms with Crippen LogP contribution in [0.4, 0.5) is 10.1 Å². The average Bonchev–Trinajstić information content (AvgIpc) is 3.23. The molecule has 0 radical (unpaired) electrons. The summed E-state index contributed by atoms with van der Waals surface area (Å²) >= 11 is 0. The van der Waals surface area contributed by atoms with E-state index in [1.54, 1.807) is 6.07 Å². The molecule has 6 heteroatoms. The fourth-order valence-electron chi connectivity index (χ4n) is 2.45. The van der Waals surface area contributed by atoms with E-state index in [-0.39, 0.29) is 5.69 Å². The molecule has 5 nitrogen and oxygen atoms in total. The second kappa shape index (κ2) is 5.27. The number of nitrogens with zero attached hydrogens (tertiary/aromatic N) is 3. The molecule has 0 aliphatic heterocycles. The maximum Gasteiger partial charge on any atom is 0.276 e. The highest BCUT2D eigenvalue weighted by molar-refractivity contribution is 6.02. The smallest absolute Gasteiger partial charge is 0.276 e. The standard InChI is InChI=1S/C15H17FN4O/c1-9-7-14(19-20(9)10(2)11-3-4-11)15(21)18-13-5-6-17-8-12(13)16/h5-8,10-11H,3-4H2,1-2H3,(H,17,18,21). The van der Waals surface area contributed by atoms with Crippen molar-refractivity contribution >= 4 is 11.6 Å². The lowest BCUT2D eigenvalue weighted by molar-refractivity contribution is 0.102. The molecule has 0 spiro atoms. The molecule has 1 atom stereocenters. The molecule has 21 heavy (non-hydrogen) atoms. The number of aryl methyl sites for hydroxylation is 1. The molecule has 1 fully saturated rings. The molecule has 1 unspecified atom stereocenters. The third kappa shape index (κ3) is 2.79. The summed E-state index contributed by atoms with van der Waals surface area (Å²) in [6.07, 6.45) is 4.92. The van der Waals surface area contributed by atoms with Crippen LogP contribution in [0, 0.1) is 18.7 Å². The molecule has 0 aromatic carbocycles. The van der Waals surface area contributed by atoms with Gasteiger partial charge < -0.3 is 5.32 Å². The lowest BCUT2D eigenvalue weighted by atomic mass is 10.2. The van der Waals surface area contributed by atoms with E-state index >= 15 is 0 Å². The molecule has 1 saturated carbocycles. The third-order valence-electron chi connectivity index (χ3n) is 3.87. The van der Waals surface area contributed by atoms with Crippen LogP contribution in [-0.2, 0) is 0 Å². The Balaban J connectivity index is 1.79. The van der Waals surface area contributed by atoms with Crippen molar-refractivity contribution in [3.8, 4) is 0 Å². The first kappa shape index (κ1) is 13.7. The van der Waals surface area contributed by atoms with E-state index in [1.807, 2.05) is 11.6 Å². The van der Waals surface area contributed by atoms with E-state index in [4.69, 9.17) is 0 Å². The fraction of sp³-hybridized carbons (Fsp3) is 0.400. The monoisotopic (exact) mass is 288 g/mol. The molecular formula is C15H17FN4O. The van der Waals surface area contributed by atoms with Gasteiger partial charge in [-0.05, 0) is 44.7 Å². The van der Waals surface area contributed by atoms with Crippen LogP contribution >= 0.6 is 0 Å². The number of carbonyl (C=O) groups excluding carboxylic acids is 1. The van der Waals surface area contributed by atoms with Crippen LogP contribution in [-0.4, -0.2) is 20.7 Å². The highest BCUT2D eigenvalue weighted by Crippen LogP contribution is 2.39. The van der Waals surface area contributed by atoms with Gasteiger partial charge in [-0.3, -0.25) is 14.5 Å². The molecule has 1 aliphatic rings. The molecule has 2 aromatic rings. The van der Waals surface area contributed by atoms with Gasteiger partial charge in [-0.2, -0.15) is 5.10 Å². The molecule has 0 bridgehead atoms. The Labute approximate surface area is 122 Å². The maximum absolute atomic E-state index is 13.5. The minimum absolute atomic E-state index is 0.109. The Kier molecular flexibility index (Phi) is 3.45. The summed E-state index contributed by atoms with van der Waals surface area (Å²) in [5.74, 6) is -0.324. The normalized spacial score (nSPS) is 15.8. The highest BCUT2D eigenvalue weighted by Gasteiger charge is 2.31. The van der Waals surface area contributed by atoms with Gasteiger partial charge in [-0.1, -0.05) is 0 Å². The first-order chi connectivity index (χ1) is 10.1. The predicted octanol–water partition coefficient (Wildman–Crippen LogP) is 2.95. The number of carbonyl (C=O) groups is 1. The van der Waals surface area contributed by atoms with Crippen LogP contribution in [0.2, 0.25) is 0 Å². The van der Waals surface area contributed by atoms with Gasteiger partial charge in [0.2, 0.25) is 0 Å². The Morgan fingerprint density at radius 2 is 2.29 bits per heavy atom. The van der Waals surface area contributed by atoms with E-state index in [1.165, 1.54) is 25.1 Å². The van der Waals surface area contributed by atoms with Crippen LogP contribution in [0.25, 0.3) is 0 Å². The molecule has 3 rings (SSSR count). The van der Waals surface area contributed by atoms with Gasteiger partial charge in [0.15, 0.2) is 11.5 Å². The van der Waals surface area contributed by atoms with E-state index < -0.39 is 11.7 Å². The van der Waals surface area contributed by atoms with Crippen LogP contribution < -0.4 is 5.32 Å². The number of amides is 1. The number of nitrogens with one attached hydrogen (secondary N) is 1. The Morgan fingerprint density at radius 1 is 1.52 bits per heavy atom. The second-order valence-electron chi connectivity index (χ2n) is 5.50. The predicted molar refractivity (Wildman–Crippen MR) is 76.5 cm³/mol. The lowest BCUT2D eigenvalue weighted by Gasteiger charge is -2.12. The quantitative estimate of drug-likeness (QED) is 0.941. The number of pyridine rings is 1. The summed E-state index contributed by atoms with van der Waals surface area (Å²) in [6.45, 7) is 4.04. The van der Waals surface area contributed by atoms with Crippen molar-refractivity contribution < 1.29 is 9.18 Å². The zero-order valence-corrected chi connectivity index (χ0v) is 12.0. The Hall–Kier alpha value is -2.24. The highest BCUT2D eigenvalue weighted by atomic mass is 19.1. The largest absolute Gasteiger partial charge is 0.318 e. The van der Waals surface area contributed by atoms with E-state index in [0.717, 1.165) is 11.9 Å². The van der Waals surface area contributed by atoms with Gasteiger partial charge in [-0.15, -0.1) is 0 Å². The molecule has 1 amide bonds. The first-order valence-electron chi connectivity index (χ1n) is 7.03. The van der Waals surface area contributed by atoms with E-state index in [2.05, 4.69) is 22.3 Å². The molecule has 2 heterocycles. The summed E-state index contributed by atoms with van der Waals surface area (Å²) in [4.78, 5) is 15.8. The van der Waals surface area contributed by atoms with E-state index in [9.17, 15) is 9.18 Å². The summed E-state index contributed by atoms with van der Waals surface area (Å²) in [7, 11) is 0. The second-order valence-corrected chi connectivity index (χ2v) is 5.50. The summed E-state index contributed by atoms with van der Waals surface area (Å²) in [5, 5.41) is 6.88. The lowest BCUT2D eigenvalue weighted by Crippen LogP contribution is -2.16. The minimum Gasteiger partial charge on any atom is -0.318 e. The van der Waals surface area contributed by atoms with Gasteiger partial charge in [0, 0.05) is 11.9 Å². The molecule has 1 N–H and O–H groups in total. The van der Waals surface area contributed by atoms with Crippen molar-refractivity contribution in [2.45, 2.75) is 32.7 Å². The van der Waals surface area contributed by atoms with Crippen LogP contribution in [0.1, 0.15) is 42.0 Å².